The first kappa shape index (κ1) is 17.4. The Morgan fingerprint density at radius 1 is 1.29 bits per heavy atom. The van der Waals surface area contributed by atoms with Gasteiger partial charge in [0.2, 0.25) is 0 Å². The molecule has 0 saturated heterocycles. The fourth-order valence-corrected chi connectivity index (χ4v) is 3.69. The Hall–Kier alpha value is 0.0300. The first-order valence-corrected chi connectivity index (χ1v) is 9.03. The van der Waals surface area contributed by atoms with Crippen LogP contribution in [0.2, 0.25) is 10.2 Å². The fourth-order valence-electron chi connectivity index (χ4n) is 2.00. The summed E-state index contributed by atoms with van der Waals surface area (Å²) in [6, 6.07) is 5.48. The molecule has 0 fully saturated rings. The van der Waals surface area contributed by atoms with Crippen molar-refractivity contribution < 1.29 is 4.74 Å². The van der Waals surface area contributed by atoms with E-state index in [1.54, 1.807) is 6.07 Å². The average molecular weight is 459 g/mol. The Kier molecular flexibility index (Phi) is 6.66. The van der Waals surface area contributed by atoms with Gasteiger partial charge in [-0.1, -0.05) is 30.1 Å². The molecule has 0 spiro atoms. The fraction of sp³-hybridized carbons (Fsp3) is 0.400. The van der Waals surface area contributed by atoms with Crippen LogP contribution in [0.3, 0.4) is 0 Å². The molecular weight excluding hydrogens is 443 g/mol. The second-order valence-electron chi connectivity index (χ2n) is 4.92. The molecule has 6 heteroatoms. The van der Waals surface area contributed by atoms with E-state index in [-0.39, 0.29) is 0 Å². The van der Waals surface area contributed by atoms with Crippen LogP contribution < -0.4 is 4.74 Å². The Labute approximate surface area is 153 Å². The lowest BCUT2D eigenvalue weighted by Crippen LogP contribution is -2.06. The number of rotatable bonds is 6. The van der Waals surface area contributed by atoms with Gasteiger partial charge in [-0.2, -0.15) is 0 Å². The highest BCUT2D eigenvalue weighted by Gasteiger charge is 2.13. The molecule has 21 heavy (non-hydrogen) atoms. The molecule has 1 heterocycles. The second-order valence-corrected chi connectivity index (χ2v) is 7.25. The van der Waals surface area contributed by atoms with Crippen molar-refractivity contribution in [3.05, 3.63) is 31.9 Å². The number of ether oxygens (including phenoxy) is 1. The van der Waals surface area contributed by atoms with Gasteiger partial charge in [0.05, 0.1) is 15.2 Å². The molecule has 0 aliphatic heterocycles. The number of fused-ring (bicyclic) bond motifs is 1. The van der Waals surface area contributed by atoms with Crippen LogP contribution in [0.25, 0.3) is 10.9 Å². The lowest BCUT2D eigenvalue weighted by molar-refractivity contribution is 0.283. The van der Waals surface area contributed by atoms with Gasteiger partial charge in [-0.05, 0) is 59.5 Å². The Morgan fingerprint density at radius 3 is 2.76 bits per heavy atom. The predicted octanol–water partition coefficient (Wildman–Crippen LogP) is 6.18. The monoisotopic (exact) mass is 457 g/mol. The van der Waals surface area contributed by atoms with Gasteiger partial charge >= 0.3 is 0 Å². The molecule has 2 aromatic rings. The molecule has 1 aromatic carbocycles. The van der Waals surface area contributed by atoms with Gasteiger partial charge in [-0.25, -0.2) is 4.98 Å². The minimum absolute atomic E-state index is 0.431. The van der Waals surface area contributed by atoms with Crippen molar-refractivity contribution in [3.8, 4) is 5.75 Å². The van der Waals surface area contributed by atoms with Crippen molar-refractivity contribution in [2.45, 2.75) is 19.8 Å². The molecule has 0 N–H and O–H groups in total. The van der Waals surface area contributed by atoms with Crippen LogP contribution in [0, 0.1) is 9.49 Å². The standard InChI is InChI=1S/C15H15Cl3INO/c1-9(4-6-16)5-7-21-15-12(19)8-11(17)10-2-3-13(18)20-14(10)15/h2-3,8-9H,4-7H2,1H3. The number of pyridine rings is 1. The van der Waals surface area contributed by atoms with E-state index >= 15 is 0 Å². The van der Waals surface area contributed by atoms with Crippen LogP contribution in [-0.2, 0) is 0 Å². The van der Waals surface area contributed by atoms with Crippen molar-refractivity contribution in [2.24, 2.45) is 5.92 Å². The molecule has 2 nitrogen and oxygen atoms in total. The topological polar surface area (TPSA) is 22.1 Å². The van der Waals surface area contributed by atoms with E-state index in [2.05, 4.69) is 34.5 Å². The van der Waals surface area contributed by atoms with Crippen LogP contribution in [-0.4, -0.2) is 17.5 Å². The summed E-state index contributed by atoms with van der Waals surface area (Å²) in [7, 11) is 0. The highest BCUT2D eigenvalue weighted by Crippen LogP contribution is 2.35. The maximum Gasteiger partial charge on any atom is 0.158 e. The molecule has 0 saturated carbocycles. The van der Waals surface area contributed by atoms with Crippen LogP contribution in [0.1, 0.15) is 19.8 Å². The lowest BCUT2D eigenvalue weighted by atomic mass is 10.1. The van der Waals surface area contributed by atoms with Gasteiger partial charge in [-0.3, -0.25) is 0 Å². The van der Waals surface area contributed by atoms with Crippen molar-refractivity contribution in [1.82, 2.24) is 4.98 Å². The van der Waals surface area contributed by atoms with Gasteiger partial charge in [0.1, 0.15) is 10.7 Å². The van der Waals surface area contributed by atoms with Crippen molar-refractivity contribution in [3.63, 3.8) is 0 Å². The highest BCUT2D eigenvalue weighted by molar-refractivity contribution is 14.1. The third-order valence-electron chi connectivity index (χ3n) is 3.26. The smallest absolute Gasteiger partial charge is 0.158 e. The van der Waals surface area contributed by atoms with Gasteiger partial charge in [-0.15, -0.1) is 11.6 Å². The highest BCUT2D eigenvalue weighted by atomic mass is 127. The van der Waals surface area contributed by atoms with Gasteiger partial charge in [0, 0.05) is 11.3 Å². The summed E-state index contributed by atoms with van der Waals surface area (Å²) < 4.78 is 6.88. The number of nitrogens with zero attached hydrogens (tertiary/aromatic N) is 1. The van der Waals surface area contributed by atoms with E-state index in [0.717, 1.165) is 27.5 Å². The van der Waals surface area contributed by atoms with Crippen LogP contribution >= 0.6 is 57.4 Å². The maximum absolute atomic E-state index is 6.25. The molecule has 0 aliphatic rings. The quantitative estimate of drug-likeness (QED) is 0.293. The molecule has 0 aliphatic carbocycles. The number of halogens is 4. The molecule has 0 radical (unpaired) electrons. The van der Waals surface area contributed by atoms with Crippen LogP contribution in [0.4, 0.5) is 0 Å². The third kappa shape index (κ3) is 4.50. The van der Waals surface area contributed by atoms with E-state index in [0.29, 0.717) is 34.1 Å². The molecule has 1 aromatic heterocycles. The molecule has 2 rings (SSSR count). The summed E-state index contributed by atoms with van der Waals surface area (Å²) in [4.78, 5) is 4.36. The van der Waals surface area contributed by atoms with E-state index in [1.807, 2.05) is 12.1 Å². The summed E-state index contributed by atoms with van der Waals surface area (Å²) in [6.45, 7) is 2.80. The molecule has 0 amide bonds. The average Bonchev–Trinajstić information content (AvgIpc) is 2.42. The number of benzene rings is 1. The Balaban J connectivity index is 2.24. The minimum atomic E-state index is 0.431. The van der Waals surface area contributed by atoms with Gasteiger partial charge in [0.25, 0.3) is 0 Å². The zero-order valence-electron chi connectivity index (χ0n) is 11.5. The minimum Gasteiger partial charge on any atom is -0.490 e. The second kappa shape index (κ2) is 8.04. The summed E-state index contributed by atoms with van der Waals surface area (Å²) in [6.07, 6.45) is 1.95. The summed E-state index contributed by atoms with van der Waals surface area (Å²) >= 11 is 20.2. The van der Waals surface area contributed by atoms with E-state index in [4.69, 9.17) is 39.5 Å². The zero-order chi connectivity index (χ0) is 15.4. The van der Waals surface area contributed by atoms with Gasteiger partial charge < -0.3 is 4.74 Å². The molecule has 1 unspecified atom stereocenters. The van der Waals surface area contributed by atoms with Crippen LogP contribution in [0.15, 0.2) is 18.2 Å². The Bertz CT molecular complexity index is 636. The molecule has 1 atom stereocenters. The van der Waals surface area contributed by atoms with Gasteiger partial charge in [0.15, 0.2) is 5.75 Å². The van der Waals surface area contributed by atoms with E-state index < -0.39 is 0 Å². The van der Waals surface area contributed by atoms with Crippen molar-refractivity contribution in [1.29, 1.82) is 0 Å². The van der Waals surface area contributed by atoms with Crippen LogP contribution in [0.5, 0.6) is 5.75 Å². The first-order valence-electron chi connectivity index (χ1n) is 6.66. The van der Waals surface area contributed by atoms with Crippen molar-refractivity contribution >= 4 is 68.3 Å². The molecule has 114 valence electrons. The summed E-state index contributed by atoms with van der Waals surface area (Å²) in [5.74, 6) is 1.96. The number of aromatic nitrogens is 1. The van der Waals surface area contributed by atoms with E-state index in [9.17, 15) is 0 Å². The Morgan fingerprint density at radius 2 is 2.05 bits per heavy atom. The number of hydrogen-bond acceptors (Lipinski definition) is 2. The third-order valence-corrected chi connectivity index (χ3v) is 4.81. The lowest BCUT2D eigenvalue weighted by Gasteiger charge is -2.14. The molecule has 0 bridgehead atoms. The first-order chi connectivity index (χ1) is 10.0. The maximum atomic E-state index is 6.25. The predicted molar refractivity (Wildman–Crippen MR) is 99.1 cm³/mol. The number of hydrogen-bond donors (Lipinski definition) is 0. The zero-order valence-corrected chi connectivity index (χ0v) is 15.9. The SMILES string of the molecule is CC(CCCl)CCOc1c(I)cc(Cl)c2ccc(Cl)nc12. The summed E-state index contributed by atoms with van der Waals surface area (Å²) in [5, 5.41) is 1.94. The largest absolute Gasteiger partial charge is 0.490 e. The normalized spacial score (nSPS) is 12.6. The van der Waals surface area contributed by atoms with Crippen molar-refractivity contribution in [2.75, 3.05) is 12.5 Å². The van der Waals surface area contributed by atoms with E-state index in [1.165, 1.54) is 0 Å². The summed E-state index contributed by atoms with van der Waals surface area (Å²) in [5.41, 5.74) is 0.712. The molecular formula is C15H15Cl3INO. The number of alkyl halides is 1.